The Morgan fingerprint density at radius 1 is 0.542 bits per heavy atom. The molecule has 0 saturated carbocycles. The number of hydrogen-bond acceptors (Lipinski definition) is 3. The Kier molecular flexibility index (Phi) is 9.11. The van der Waals surface area contributed by atoms with Crippen LogP contribution in [0.1, 0.15) is 38.9 Å². The number of aryl methyl sites for hydroxylation is 2. The standard InChI is InChI=1S/C54H39N3O2/c1-34-14-6-8-20-42(34)43-28-26-37(30-35(43)2)38-27-29-49-47(32-38)51-40(18-13-25-50(51)58-49)31-39-17-7-9-21-44(39)54(57-53(55)36-15-4-3-5-16-36)56-33-41-19-12-23-46-45-22-10-11-24-48(45)59-52(41)46/h3-30,32-33,55H,31H2,1-2H3. The lowest BCUT2D eigenvalue weighted by molar-refractivity contribution is 0.668. The first kappa shape index (κ1) is 35.8. The van der Waals surface area contributed by atoms with E-state index in [0.717, 1.165) is 77.3 Å². The van der Waals surface area contributed by atoms with Gasteiger partial charge in [0.1, 0.15) is 22.3 Å². The number of aliphatic imine (C=N–C) groups is 2. The molecule has 8 aromatic carbocycles. The molecule has 10 rings (SSSR count). The van der Waals surface area contributed by atoms with Gasteiger partial charge in [-0.2, -0.15) is 0 Å². The van der Waals surface area contributed by atoms with Crippen molar-refractivity contribution in [2.75, 3.05) is 0 Å². The minimum absolute atomic E-state index is 0.132. The van der Waals surface area contributed by atoms with E-state index in [1.54, 1.807) is 6.21 Å². The number of rotatable bonds is 7. The van der Waals surface area contributed by atoms with E-state index < -0.39 is 0 Å². The number of benzene rings is 8. The molecule has 10 aromatic rings. The fourth-order valence-corrected chi connectivity index (χ4v) is 8.27. The van der Waals surface area contributed by atoms with E-state index in [-0.39, 0.29) is 5.84 Å². The van der Waals surface area contributed by atoms with Gasteiger partial charge in [-0.05, 0) is 95.1 Å². The van der Waals surface area contributed by atoms with Crippen LogP contribution in [-0.2, 0) is 6.42 Å². The van der Waals surface area contributed by atoms with Crippen LogP contribution >= 0.6 is 0 Å². The van der Waals surface area contributed by atoms with Crippen molar-refractivity contribution >= 4 is 61.8 Å². The molecule has 0 fully saturated rings. The molecule has 59 heavy (non-hydrogen) atoms. The van der Waals surface area contributed by atoms with E-state index in [1.807, 2.05) is 84.9 Å². The molecular weight excluding hydrogens is 723 g/mol. The number of fused-ring (bicyclic) bond motifs is 6. The number of hydrogen-bond donors (Lipinski definition) is 1. The molecule has 2 aromatic heterocycles. The topological polar surface area (TPSA) is 74.8 Å². The zero-order valence-corrected chi connectivity index (χ0v) is 32.7. The molecule has 5 heteroatoms. The second-order valence-electron chi connectivity index (χ2n) is 15.0. The molecule has 1 N–H and O–H groups in total. The molecule has 5 nitrogen and oxygen atoms in total. The highest BCUT2D eigenvalue weighted by molar-refractivity contribution is 6.16. The molecule has 0 unspecified atom stereocenters. The Hall–Kier alpha value is -7.63. The van der Waals surface area contributed by atoms with Gasteiger partial charge in [-0.3, -0.25) is 5.41 Å². The van der Waals surface area contributed by atoms with Crippen LogP contribution in [0.15, 0.2) is 195 Å². The quantitative estimate of drug-likeness (QED) is 0.130. The molecule has 0 saturated heterocycles. The Morgan fingerprint density at radius 3 is 2.10 bits per heavy atom. The van der Waals surface area contributed by atoms with Gasteiger partial charge in [0.25, 0.3) is 0 Å². The van der Waals surface area contributed by atoms with Crippen LogP contribution in [0, 0.1) is 19.3 Å². The lowest BCUT2D eigenvalue weighted by atomic mass is 9.92. The van der Waals surface area contributed by atoms with Crippen LogP contribution in [0.5, 0.6) is 0 Å². The van der Waals surface area contributed by atoms with Gasteiger partial charge in [-0.1, -0.05) is 146 Å². The van der Waals surface area contributed by atoms with Crippen molar-refractivity contribution in [2.24, 2.45) is 9.98 Å². The summed E-state index contributed by atoms with van der Waals surface area (Å²) in [5.74, 6) is 0.575. The highest BCUT2D eigenvalue weighted by atomic mass is 16.3. The zero-order chi connectivity index (χ0) is 39.9. The predicted molar refractivity (Wildman–Crippen MR) is 244 cm³/mol. The van der Waals surface area contributed by atoms with Crippen molar-refractivity contribution in [2.45, 2.75) is 20.3 Å². The van der Waals surface area contributed by atoms with Crippen LogP contribution in [-0.4, -0.2) is 17.9 Å². The number of para-hydroxylation sites is 2. The van der Waals surface area contributed by atoms with Crippen molar-refractivity contribution in [1.29, 1.82) is 5.41 Å². The van der Waals surface area contributed by atoms with Gasteiger partial charge in [0, 0.05) is 44.4 Å². The maximum absolute atomic E-state index is 9.04. The van der Waals surface area contributed by atoms with Crippen LogP contribution in [0.3, 0.4) is 0 Å². The molecule has 0 bridgehead atoms. The lowest BCUT2D eigenvalue weighted by Crippen LogP contribution is -2.08. The summed E-state index contributed by atoms with van der Waals surface area (Å²) in [6.07, 6.45) is 2.41. The summed E-state index contributed by atoms with van der Waals surface area (Å²) in [5, 5.41) is 13.3. The molecule has 0 amide bonds. The number of nitrogens with one attached hydrogen (secondary N) is 1. The van der Waals surface area contributed by atoms with Crippen LogP contribution < -0.4 is 0 Å². The van der Waals surface area contributed by atoms with Gasteiger partial charge in [-0.15, -0.1) is 0 Å². The summed E-state index contributed by atoms with van der Waals surface area (Å²) < 4.78 is 12.8. The summed E-state index contributed by atoms with van der Waals surface area (Å²) in [4.78, 5) is 9.94. The van der Waals surface area contributed by atoms with Crippen LogP contribution in [0.2, 0.25) is 0 Å². The van der Waals surface area contributed by atoms with E-state index in [0.29, 0.717) is 17.8 Å². The molecule has 0 spiro atoms. The van der Waals surface area contributed by atoms with E-state index in [4.69, 9.17) is 24.2 Å². The average molecular weight is 762 g/mol. The first-order chi connectivity index (χ1) is 29.0. The van der Waals surface area contributed by atoms with E-state index in [2.05, 4.69) is 105 Å². The molecule has 2 heterocycles. The average Bonchev–Trinajstić information content (AvgIpc) is 3.85. The predicted octanol–water partition coefficient (Wildman–Crippen LogP) is 13.9. The lowest BCUT2D eigenvalue weighted by Gasteiger charge is -2.12. The van der Waals surface area contributed by atoms with Crippen molar-refractivity contribution in [3.05, 3.63) is 215 Å². The summed E-state index contributed by atoms with van der Waals surface area (Å²) >= 11 is 0. The largest absolute Gasteiger partial charge is 0.456 e. The third-order valence-electron chi connectivity index (χ3n) is 11.2. The molecule has 0 aliphatic carbocycles. The van der Waals surface area contributed by atoms with Gasteiger partial charge in [-0.25, -0.2) is 9.98 Å². The summed E-state index contributed by atoms with van der Waals surface area (Å²) in [6.45, 7) is 4.35. The van der Waals surface area contributed by atoms with Crippen molar-refractivity contribution in [3.63, 3.8) is 0 Å². The first-order valence-electron chi connectivity index (χ1n) is 19.8. The second-order valence-corrected chi connectivity index (χ2v) is 15.0. The summed E-state index contributed by atoms with van der Waals surface area (Å²) in [6, 6.07) is 60.0. The SMILES string of the molecule is Cc1ccccc1-c1ccc(-c2ccc3oc4cccc(Cc5ccccc5C(N=Cc5cccc6c5oc5ccccc56)=NC(=N)c5ccccc5)c4c3c2)cc1C. The highest BCUT2D eigenvalue weighted by Crippen LogP contribution is 2.37. The molecular formula is C54H39N3O2. The van der Waals surface area contributed by atoms with E-state index in [9.17, 15) is 0 Å². The smallest absolute Gasteiger partial charge is 0.161 e. The van der Waals surface area contributed by atoms with Gasteiger partial charge < -0.3 is 8.83 Å². The number of nitrogens with zero attached hydrogens (tertiary/aromatic N) is 2. The van der Waals surface area contributed by atoms with E-state index in [1.165, 1.54) is 22.3 Å². The first-order valence-corrected chi connectivity index (χ1v) is 19.8. The number of furan rings is 2. The minimum Gasteiger partial charge on any atom is -0.456 e. The Labute approximate surface area is 342 Å². The Morgan fingerprint density at radius 2 is 1.22 bits per heavy atom. The molecule has 0 radical (unpaired) electrons. The Balaban J connectivity index is 1.05. The minimum atomic E-state index is 0.132. The third-order valence-corrected chi connectivity index (χ3v) is 11.2. The third kappa shape index (κ3) is 6.73. The molecule has 0 atom stereocenters. The fourth-order valence-electron chi connectivity index (χ4n) is 8.27. The van der Waals surface area contributed by atoms with Crippen LogP contribution in [0.25, 0.3) is 66.1 Å². The summed E-state index contributed by atoms with van der Waals surface area (Å²) in [7, 11) is 0. The van der Waals surface area contributed by atoms with Crippen molar-refractivity contribution in [3.8, 4) is 22.3 Å². The second kappa shape index (κ2) is 15.0. The highest BCUT2D eigenvalue weighted by Gasteiger charge is 2.17. The zero-order valence-electron chi connectivity index (χ0n) is 32.7. The fraction of sp³-hybridized carbons (Fsp3) is 0.0556. The number of amidine groups is 2. The monoisotopic (exact) mass is 761 g/mol. The van der Waals surface area contributed by atoms with Gasteiger partial charge in [0.05, 0.1) is 0 Å². The van der Waals surface area contributed by atoms with Crippen LogP contribution in [0.4, 0.5) is 0 Å². The molecule has 282 valence electrons. The maximum atomic E-state index is 9.04. The van der Waals surface area contributed by atoms with Crippen molar-refractivity contribution < 1.29 is 8.83 Å². The molecule has 0 aliphatic heterocycles. The van der Waals surface area contributed by atoms with Gasteiger partial charge >= 0.3 is 0 Å². The Bertz CT molecular complexity index is 3290. The molecule has 0 aliphatic rings. The van der Waals surface area contributed by atoms with E-state index >= 15 is 0 Å². The van der Waals surface area contributed by atoms with Gasteiger partial charge in [0.2, 0.25) is 0 Å². The maximum Gasteiger partial charge on any atom is 0.161 e. The van der Waals surface area contributed by atoms with Gasteiger partial charge in [0.15, 0.2) is 11.7 Å². The summed E-state index contributed by atoms with van der Waals surface area (Å²) in [5.41, 5.74) is 15.1. The van der Waals surface area contributed by atoms with Crippen molar-refractivity contribution in [1.82, 2.24) is 0 Å². The normalized spacial score (nSPS) is 12.1.